The zero-order valence-electron chi connectivity index (χ0n) is 12.4. The van der Waals surface area contributed by atoms with Gasteiger partial charge in [0.25, 0.3) is 0 Å². The van der Waals surface area contributed by atoms with Crippen molar-refractivity contribution < 1.29 is 4.74 Å². The summed E-state index contributed by atoms with van der Waals surface area (Å²) in [5.74, 6) is 0.942. The van der Waals surface area contributed by atoms with Crippen LogP contribution in [0.1, 0.15) is 42.1 Å². The lowest BCUT2D eigenvalue weighted by atomic mass is 9.92. The van der Waals surface area contributed by atoms with Crippen LogP contribution in [0.2, 0.25) is 0 Å². The Labute approximate surface area is 111 Å². The minimum atomic E-state index is 0.0250. The highest BCUT2D eigenvalue weighted by atomic mass is 16.5. The Morgan fingerprint density at radius 3 is 2.33 bits per heavy atom. The predicted octanol–water partition coefficient (Wildman–Crippen LogP) is 2.62. The topological polar surface area (TPSA) is 47.3 Å². The van der Waals surface area contributed by atoms with Crippen LogP contribution in [0.15, 0.2) is 6.07 Å². The Kier molecular flexibility index (Phi) is 5.17. The lowest BCUT2D eigenvalue weighted by Crippen LogP contribution is -2.32. The molecule has 102 valence electrons. The molecule has 0 heterocycles. The van der Waals surface area contributed by atoms with Gasteiger partial charge >= 0.3 is 0 Å². The van der Waals surface area contributed by atoms with Gasteiger partial charge in [-0.3, -0.25) is 0 Å². The first-order valence-corrected chi connectivity index (χ1v) is 6.52. The minimum Gasteiger partial charge on any atom is -0.496 e. The van der Waals surface area contributed by atoms with Crippen molar-refractivity contribution in [1.29, 1.82) is 0 Å². The second kappa shape index (κ2) is 6.21. The number of ether oxygens (including phenoxy) is 1. The van der Waals surface area contributed by atoms with Gasteiger partial charge in [0.1, 0.15) is 5.75 Å². The van der Waals surface area contributed by atoms with E-state index in [0.29, 0.717) is 6.04 Å². The molecule has 3 heteroatoms. The van der Waals surface area contributed by atoms with Crippen molar-refractivity contribution in [3.8, 4) is 5.75 Å². The van der Waals surface area contributed by atoms with Gasteiger partial charge in [0.05, 0.1) is 7.11 Å². The van der Waals surface area contributed by atoms with Gasteiger partial charge in [-0.05, 0) is 49.1 Å². The normalized spacial score (nSPS) is 12.9. The van der Waals surface area contributed by atoms with Crippen LogP contribution in [0.4, 0.5) is 0 Å². The summed E-state index contributed by atoms with van der Waals surface area (Å²) in [4.78, 5) is 0. The van der Waals surface area contributed by atoms with E-state index in [1.807, 2.05) is 0 Å². The molecule has 0 saturated heterocycles. The smallest absolute Gasteiger partial charge is 0.122 e. The SMILES string of the molecule is COc1cc(C)c(C(N)CNC(C)C)c(C)c1C. The summed E-state index contributed by atoms with van der Waals surface area (Å²) in [5.41, 5.74) is 11.2. The zero-order chi connectivity index (χ0) is 13.9. The van der Waals surface area contributed by atoms with E-state index in [1.165, 1.54) is 22.3 Å². The number of nitrogens with two attached hydrogens (primary N) is 1. The molecule has 3 nitrogen and oxygen atoms in total. The molecule has 0 radical (unpaired) electrons. The third kappa shape index (κ3) is 3.24. The van der Waals surface area contributed by atoms with Crippen LogP contribution >= 0.6 is 0 Å². The Morgan fingerprint density at radius 2 is 1.83 bits per heavy atom. The summed E-state index contributed by atoms with van der Waals surface area (Å²) in [5, 5.41) is 3.39. The maximum Gasteiger partial charge on any atom is 0.122 e. The maximum absolute atomic E-state index is 6.30. The van der Waals surface area contributed by atoms with E-state index in [1.54, 1.807) is 7.11 Å². The molecular weight excluding hydrogens is 224 g/mol. The fourth-order valence-corrected chi connectivity index (χ4v) is 2.31. The van der Waals surface area contributed by atoms with Gasteiger partial charge in [0.2, 0.25) is 0 Å². The quantitative estimate of drug-likeness (QED) is 0.844. The van der Waals surface area contributed by atoms with Crippen molar-refractivity contribution in [2.24, 2.45) is 5.73 Å². The third-order valence-corrected chi connectivity index (χ3v) is 3.45. The van der Waals surface area contributed by atoms with E-state index in [0.717, 1.165) is 12.3 Å². The second-order valence-corrected chi connectivity index (χ2v) is 5.23. The summed E-state index contributed by atoms with van der Waals surface area (Å²) < 4.78 is 5.38. The average Bonchev–Trinajstić information content (AvgIpc) is 2.31. The number of rotatable bonds is 5. The highest BCUT2D eigenvalue weighted by Gasteiger charge is 2.16. The fraction of sp³-hybridized carbons (Fsp3) is 0.600. The van der Waals surface area contributed by atoms with Crippen molar-refractivity contribution in [3.05, 3.63) is 28.3 Å². The highest BCUT2D eigenvalue weighted by Crippen LogP contribution is 2.30. The molecule has 0 aliphatic carbocycles. The van der Waals surface area contributed by atoms with Crippen LogP contribution in [-0.2, 0) is 0 Å². The summed E-state index contributed by atoms with van der Waals surface area (Å²) >= 11 is 0. The molecule has 1 rings (SSSR count). The zero-order valence-corrected chi connectivity index (χ0v) is 12.4. The van der Waals surface area contributed by atoms with E-state index < -0.39 is 0 Å². The molecule has 1 unspecified atom stereocenters. The van der Waals surface area contributed by atoms with Crippen LogP contribution in [0.3, 0.4) is 0 Å². The molecule has 1 aromatic rings. The van der Waals surface area contributed by atoms with Gasteiger partial charge in [-0.2, -0.15) is 0 Å². The molecule has 0 saturated carbocycles. The molecule has 0 spiro atoms. The summed E-state index contributed by atoms with van der Waals surface area (Å²) in [6.07, 6.45) is 0. The summed E-state index contributed by atoms with van der Waals surface area (Å²) in [6.45, 7) is 11.4. The largest absolute Gasteiger partial charge is 0.496 e. The van der Waals surface area contributed by atoms with Crippen molar-refractivity contribution >= 4 is 0 Å². The highest BCUT2D eigenvalue weighted by molar-refractivity contribution is 5.49. The van der Waals surface area contributed by atoms with E-state index >= 15 is 0 Å². The molecule has 0 bridgehead atoms. The molecule has 0 aromatic heterocycles. The predicted molar refractivity (Wildman–Crippen MR) is 77.3 cm³/mol. The van der Waals surface area contributed by atoms with Gasteiger partial charge in [-0.15, -0.1) is 0 Å². The number of hydrogen-bond acceptors (Lipinski definition) is 3. The van der Waals surface area contributed by atoms with E-state index in [-0.39, 0.29) is 6.04 Å². The first kappa shape index (κ1) is 15.0. The van der Waals surface area contributed by atoms with Crippen molar-refractivity contribution in [2.45, 2.75) is 46.7 Å². The molecule has 0 amide bonds. The number of methoxy groups -OCH3 is 1. The Hall–Kier alpha value is -1.06. The Bertz CT molecular complexity index is 413. The molecule has 1 atom stereocenters. The molecule has 0 fully saturated rings. The van der Waals surface area contributed by atoms with Gasteiger partial charge < -0.3 is 15.8 Å². The Balaban J connectivity index is 3.05. The maximum atomic E-state index is 6.30. The van der Waals surface area contributed by atoms with Crippen molar-refractivity contribution in [2.75, 3.05) is 13.7 Å². The fourth-order valence-electron chi connectivity index (χ4n) is 2.31. The van der Waals surface area contributed by atoms with Gasteiger partial charge in [0, 0.05) is 18.6 Å². The number of aryl methyl sites for hydroxylation is 1. The third-order valence-electron chi connectivity index (χ3n) is 3.45. The van der Waals surface area contributed by atoms with Crippen LogP contribution in [0.25, 0.3) is 0 Å². The lowest BCUT2D eigenvalue weighted by molar-refractivity contribution is 0.410. The molecule has 0 aliphatic heterocycles. The molecule has 18 heavy (non-hydrogen) atoms. The van der Waals surface area contributed by atoms with Gasteiger partial charge in [-0.1, -0.05) is 13.8 Å². The summed E-state index contributed by atoms with van der Waals surface area (Å²) in [6, 6.07) is 2.56. The van der Waals surface area contributed by atoms with Crippen LogP contribution in [0, 0.1) is 20.8 Å². The molecular formula is C15H26N2O. The van der Waals surface area contributed by atoms with Gasteiger partial charge in [-0.25, -0.2) is 0 Å². The number of benzene rings is 1. The first-order valence-electron chi connectivity index (χ1n) is 6.52. The monoisotopic (exact) mass is 250 g/mol. The number of hydrogen-bond donors (Lipinski definition) is 2. The first-order chi connectivity index (χ1) is 8.38. The van der Waals surface area contributed by atoms with Crippen molar-refractivity contribution in [3.63, 3.8) is 0 Å². The average molecular weight is 250 g/mol. The Morgan fingerprint density at radius 1 is 1.22 bits per heavy atom. The standard InChI is InChI=1S/C15H26N2O/c1-9(2)17-8-13(16)15-10(3)7-14(18-6)11(4)12(15)5/h7,9,13,17H,8,16H2,1-6H3. The van der Waals surface area contributed by atoms with Gasteiger partial charge in [0.15, 0.2) is 0 Å². The van der Waals surface area contributed by atoms with Crippen LogP contribution < -0.4 is 15.8 Å². The van der Waals surface area contributed by atoms with E-state index in [4.69, 9.17) is 10.5 Å². The lowest BCUT2D eigenvalue weighted by Gasteiger charge is -2.22. The minimum absolute atomic E-state index is 0.0250. The molecule has 0 aliphatic rings. The van der Waals surface area contributed by atoms with E-state index in [2.05, 4.69) is 46.0 Å². The van der Waals surface area contributed by atoms with Crippen molar-refractivity contribution in [1.82, 2.24) is 5.32 Å². The summed E-state index contributed by atoms with van der Waals surface area (Å²) in [7, 11) is 1.71. The van der Waals surface area contributed by atoms with E-state index in [9.17, 15) is 0 Å². The van der Waals surface area contributed by atoms with Crippen LogP contribution in [-0.4, -0.2) is 19.7 Å². The number of nitrogens with one attached hydrogen (secondary N) is 1. The second-order valence-electron chi connectivity index (χ2n) is 5.23. The molecule has 3 N–H and O–H groups in total. The van der Waals surface area contributed by atoms with Crippen LogP contribution in [0.5, 0.6) is 5.75 Å². The molecule has 1 aromatic carbocycles.